The fourth-order valence-electron chi connectivity index (χ4n) is 2.49. The van der Waals surface area contributed by atoms with Gasteiger partial charge in [-0.25, -0.2) is 13.1 Å². The third-order valence-corrected chi connectivity index (χ3v) is 4.78. The molecular formula is C14H19BrN2O3S. The van der Waals surface area contributed by atoms with Gasteiger partial charge in [-0.3, -0.25) is 4.79 Å². The molecule has 0 spiro atoms. The first-order valence-electron chi connectivity index (χ1n) is 6.88. The van der Waals surface area contributed by atoms with Crippen molar-refractivity contribution in [2.75, 3.05) is 19.3 Å². The van der Waals surface area contributed by atoms with Crippen LogP contribution in [0.5, 0.6) is 0 Å². The Bertz CT molecular complexity index is 601. The highest BCUT2D eigenvalue weighted by Crippen LogP contribution is 2.20. The van der Waals surface area contributed by atoms with Crippen LogP contribution in [-0.4, -0.2) is 44.6 Å². The molecule has 1 atom stereocenters. The minimum atomic E-state index is -3.24. The van der Waals surface area contributed by atoms with Gasteiger partial charge in [0.25, 0.3) is 5.91 Å². The number of hydrogen-bond donors (Lipinski definition) is 1. The summed E-state index contributed by atoms with van der Waals surface area (Å²) in [5.74, 6) is -0.0394. The van der Waals surface area contributed by atoms with E-state index in [1.807, 2.05) is 12.1 Å². The van der Waals surface area contributed by atoms with Crippen LogP contribution in [0.2, 0.25) is 0 Å². The summed E-state index contributed by atoms with van der Waals surface area (Å²) in [7, 11) is -3.24. The van der Waals surface area contributed by atoms with Gasteiger partial charge in [0, 0.05) is 29.2 Å². The van der Waals surface area contributed by atoms with Crippen LogP contribution in [0.15, 0.2) is 28.7 Å². The second-order valence-corrected chi connectivity index (χ2v) is 8.02. The number of nitrogens with one attached hydrogen (secondary N) is 1. The standard InChI is InChI=1S/C14H19BrN2O3S/c1-21(19,20)16-10-13-4-2-3-9-17(13)14(18)11-5-7-12(15)8-6-11/h5-8,13,16H,2-4,9-10H2,1H3. The average Bonchev–Trinajstić information content (AvgIpc) is 2.45. The van der Waals surface area contributed by atoms with E-state index in [1.54, 1.807) is 17.0 Å². The summed E-state index contributed by atoms with van der Waals surface area (Å²) in [6.45, 7) is 0.951. The molecule has 1 amide bonds. The second kappa shape index (κ2) is 6.89. The summed E-state index contributed by atoms with van der Waals surface area (Å²) in [6, 6.07) is 7.15. The van der Waals surface area contributed by atoms with Gasteiger partial charge in [-0.15, -0.1) is 0 Å². The Morgan fingerprint density at radius 2 is 2.00 bits per heavy atom. The Labute approximate surface area is 133 Å². The zero-order chi connectivity index (χ0) is 15.5. The molecular weight excluding hydrogens is 356 g/mol. The first-order valence-corrected chi connectivity index (χ1v) is 9.56. The topological polar surface area (TPSA) is 66.5 Å². The molecule has 1 heterocycles. The van der Waals surface area contributed by atoms with E-state index in [2.05, 4.69) is 20.7 Å². The van der Waals surface area contributed by atoms with Gasteiger partial charge in [-0.1, -0.05) is 15.9 Å². The lowest BCUT2D eigenvalue weighted by molar-refractivity contribution is 0.0619. The molecule has 1 aliphatic rings. The molecule has 0 aliphatic carbocycles. The lowest BCUT2D eigenvalue weighted by Gasteiger charge is -2.35. The summed E-state index contributed by atoms with van der Waals surface area (Å²) in [5, 5.41) is 0. The highest BCUT2D eigenvalue weighted by Gasteiger charge is 2.27. The molecule has 5 nitrogen and oxygen atoms in total. The number of piperidine rings is 1. The van der Waals surface area contributed by atoms with E-state index in [0.717, 1.165) is 30.0 Å². The van der Waals surface area contributed by atoms with Crippen molar-refractivity contribution < 1.29 is 13.2 Å². The Hall–Kier alpha value is -0.920. The molecule has 1 saturated heterocycles. The first-order chi connectivity index (χ1) is 9.87. The molecule has 0 aromatic heterocycles. The summed E-state index contributed by atoms with van der Waals surface area (Å²) in [5.41, 5.74) is 0.629. The van der Waals surface area contributed by atoms with Crippen LogP contribution in [0.4, 0.5) is 0 Å². The quantitative estimate of drug-likeness (QED) is 0.876. The zero-order valence-corrected chi connectivity index (χ0v) is 14.3. The van der Waals surface area contributed by atoms with Crippen molar-refractivity contribution in [3.8, 4) is 0 Å². The number of carbonyl (C=O) groups is 1. The summed E-state index contributed by atoms with van der Waals surface area (Å²) in [6.07, 6.45) is 3.93. The number of halogens is 1. The van der Waals surface area contributed by atoms with E-state index >= 15 is 0 Å². The Kier molecular flexibility index (Phi) is 5.40. The molecule has 116 valence electrons. The van der Waals surface area contributed by atoms with Gasteiger partial charge in [-0.2, -0.15) is 0 Å². The van der Waals surface area contributed by atoms with Crippen molar-refractivity contribution in [3.05, 3.63) is 34.3 Å². The fourth-order valence-corrected chi connectivity index (χ4v) is 3.25. The normalized spacial score (nSPS) is 19.5. The molecule has 1 unspecified atom stereocenters. The molecule has 0 saturated carbocycles. The predicted octanol–water partition coefficient (Wildman–Crippen LogP) is 1.99. The van der Waals surface area contributed by atoms with Crippen LogP contribution in [0.1, 0.15) is 29.6 Å². The number of amides is 1. The van der Waals surface area contributed by atoms with Gasteiger partial charge in [0.1, 0.15) is 0 Å². The predicted molar refractivity (Wildman–Crippen MR) is 85.7 cm³/mol. The molecule has 0 radical (unpaired) electrons. The van der Waals surface area contributed by atoms with Crippen LogP contribution < -0.4 is 4.72 Å². The third kappa shape index (κ3) is 4.79. The van der Waals surface area contributed by atoms with Gasteiger partial charge in [0.05, 0.1) is 6.26 Å². The van der Waals surface area contributed by atoms with Gasteiger partial charge in [0.2, 0.25) is 10.0 Å². The van der Waals surface area contributed by atoms with Crippen molar-refractivity contribution in [2.45, 2.75) is 25.3 Å². The van der Waals surface area contributed by atoms with Crippen LogP contribution in [0.25, 0.3) is 0 Å². The Morgan fingerprint density at radius 3 is 2.62 bits per heavy atom. The monoisotopic (exact) mass is 374 g/mol. The maximum Gasteiger partial charge on any atom is 0.254 e. The molecule has 1 aromatic carbocycles. The number of hydrogen-bond acceptors (Lipinski definition) is 3. The van der Waals surface area contributed by atoms with E-state index in [0.29, 0.717) is 12.1 Å². The third-order valence-electron chi connectivity index (χ3n) is 3.56. The van der Waals surface area contributed by atoms with Crippen molar-refractivity contribution in [1.29, 1.82) is 0 Å². The number of nitrogens with zero attached hydrogens (tertiary/aromatic N) is 1. The summed E-state index contributed by atoms with van der Waals surface area (Å²) >= 11 is 3.35. The SMILES string of the molecule is CS(=O)(=O)NCC1CCCCN1C(=O)c1ccc(Br)cc1. The van der Waals surface area contributed by atoms with Gasteiger partial charge in [-0.05, 0) is 43.5 Å². The Morgan fingerprint density at radius 1 is 1.33 bits per heavy atom. The molecule has 1 aliphatic heterocycles. The van der Waals surface area contributed by atoms with Crippen molar-refractivity contribution in [1.82, 2.24) is 9.62 Å². The highest BCUT2D eigenvalue weighted by atomic mass is 79.9. The van der Waals surface area contributed by atoms with Crippen LogP contribution in [-0.2, 0) is 10.0 Å². The molecule has 0 bridgehead atoms. The van der Waals surface area contributed by atoms with E-state index in [9.17, 15) is 13.2 Å². The minimum absolute atomic E-state index is 0.0394. The van der Waals surface area contributed by atoms with Crippen molar-refractivity contribution in [2.24, 2.45) is 0 Å². The van der Waals surface area contributed by atoms with E-state index in [1.165, 1.54) is 0 Å². The second-order valence-electron chi connectivity index (χ2n) is 5.28. The molecule has 1 aromatic rings. The fraction of sp³-hybridized carbons (Fsp3) is 0.500. The number of carbonyl (C=O) groups excluding carboxylic acids is 1. The number of rotatable bonds is 4. The number of likely N-dealkylation sites (tertiary alicyclic amines) is 1. The van der Waals surface area contributed by atoms with Crippen molar-refractivity contribution in [3.63, 3.8) is 0 Å². The lowest BCUT2D eigenvalue weighted by atomic mass is 10.0. The summed E-state index contributed by atoms with van der Waals surface area (Å²) < 4.78 is 25.9. The summed E-state index contributed by atoms with van der Waals surface area (Å²) in [4.78, 5) is 14.4. The van der Waals surface area contributed by atoms with E-state index in [-0.39, 0.29) is 18.5 Å². The molecule has 2 rings (SSSR count). The Balaban J connectivity index is 2.10. The van der Waals surface area contributed by atoms with E-state index < -0.39 is 10.0 Å². The molecule has 21 heavy (non-hydrogen) atoms. The van der Waals surface area contributed by atoms with Crippen LogP contribution in [0.3, 0.4) is 0 Å². The van der Waals surface area contributed by atoms with Crippen LogP contribution in [0, 0.1) is 0 Å². The van der Waals surface area contributed by atoms with Gasteiger partial charge < -0.3 is 4.90 Å². The lowest BCUT2D eigenvalue weighted by Crippen LogP contribution is -2.49. The number of sulfonamides is 1. The molecule has 1 N–H and O–H groups in total. The maximum absolute atomic E-state index is 12.6. The molecule has 7 heteroatoms. The molecule has 1 fully saturated rings. The minimum Gasteiger partial charge on any atom is -0.334 e. The highest BCUT2D eigenvalue weighted by molar-refractivity contribution is 9.10. The van der Waals surface area contributed by atoms with Gasteiger partial charge >= 0.3 is 0 Å². The zero-order valence-electron chi connectivity index (χ0n) is 11.9. The van der Waals surface area contributed by atoms with Crippen LogP contribution >= 0.6 is 15.9 Å². The van der Waals surface area contributed by atoms with Crippen molar-refractivity contribution >= 4 is 31.9 Å². The average molecular weight is 375 g/mol. The van der Waals surface area contributed by atoms with Gasteiger partial charge in [0.15, 0.2) is 0 Å². The largest absolute Gasteiger partial charge is 0.334 e. The maximum atomic E-state index is 12.6. The first kappa shape index (κ1) is 16.5. The van der Waals surface area contributed by atoms with E-state index in [4.69, 9.17) is 0 Å². The number of benzene rings is 1. The smallest absolute Gasteiger partial charge is 0.254 e.